The van der Waals surface area contributed by atoms with Gasteiger partial charge in [-0.05, 0) is 33.2 Å². The van der Waals surface area contributed by atoms with Gasteiger partial charge in [0.2, 0.25) is 0 Å². The van der Waals surface area contributed by atoms with Crippen LogP contribution >= 0.6 is 11.6 Å². The predicted molar refractivity (Wildman–Crippen MR) is 70.6 cm³/mol. The maximum Gasteiger partial charge on any atom is 0.177 e. The van der Waals surface area contributed by atoms with E-state index < -0.39 is 5.67 Å². The second kappa shape index (κ2) is 6.50. The lowest BCUT2D eigenvalue weighted by molar-refractivity contribution is 0.0228. The number of methoxy groups -OCH3 is 1. The lowest BCUT2D eigenvalue weighted by Crippen LogP contribution is -2.31. The van der Waals surface area contributed by atoms with Crippen molar-refractivity contribution in [2.75, 3.05) is 20.3 Å². The molecule has 1 unspecified atom stereocenters. The van der Waals surface area contributed by atoms with E-state index in [9.17, 15) is 0 Å². The summed E-state index contributed by atoms with van der Waals surface area (Å²) < 4.78 is 21.7. The van der Waals surface area contributed by atoms with Crippen LogP contribution in [0, 0.1) is 0 Å². The van der Waals surface area contributed by atoms with Crippen molar-refractivity contribution in [2.24, 2.45) is 5.73 Å². The summed E-state index contributed by atoms with van der Waals surface area (Å²) in [5.41, 5.74) is 4.20. The predicted octanol–water partition coefficient (Wildman–Crippen LogP) is 2.67. The third-order valence-electron chi connectivity index (χ3n) is 2.81. The maximum atomic E-state index is 15.1. The van der Waals surface area contributed by atoms with E-state index in [0.29, 0.717) is 23.7 Å². The number of halogens is 2. The lowest BCUT2D eigenvalue weighted by atomic mass is 9.96. The number of aromatic nitrogens is 2. The van der Waals surface area contributed by atoms with E-state index in [-0.39, 0.29) is 19.1 Å². The van der Waals surface area contributed by atoms with Gasteiger partial charge in [0.05, 0.1) is 23.5 Å². The molecule has 0 aliphatic rings. The largest absolute Gasteiger partial charge is 0.381 e. The topological polar surface area (TPSA) is 53.1 Å². The van der Waals surface area contributed by atoms with E-state index in [1.165, 1.54) is 13.3 Å². The van der Waals surface area contributed by atoms with Crippen molar-refractivity contribution in [1.82, 2.24) is 9.78 Å². The van der Waals surface area contributed by atoms with Crippen LogP contribution in [0.1, 0.15) is 38.4 Å². The van der Waals surface area contributed by atoms with Crippen molar-refractivity contribution in [3.8, 4) is 0 Å². The van der Waals surface area contributed by atoms with E-state index in [1.54, 1.807) is 4.68 Å². The Hall–Kier alpha value is -0.650. The summed E-state index contributed by atoms with van der Waals surface area (Å²) in [6, 6.07) is 0.0392. The van der Waals surface area contributed by atoms with Crippen molar-refractivity contribution < 1.29 is 9.13 Å². The summed E-state index contributed by atoms with van der Waals surface area (Å²) in [6.45, 7) is 4.25. The second-order valence-electron chi connectivity index (χ2n) is 4.67. The van der Waals surface area contributed by atoms with Gasteiger partial charge in [0.25, 0.3) is 0 Å². The molecule has 2 N–H and O–H groups in total. The molecule has 0 spiro atoms. The Morgan fingerprint density at radius 1 is 1.61 bits per heavy atom. The van der Waals surface area contributed by atoms with Gasteiger partial charge >= 0.3 is 0 Å². The third-order valence-corrected chi connectivity index (χ3v) is 3.09. The van der Waals surface area contributed by atoms with Crippen molar-refractivity contribution in [3.05, 3.63) is 16.9 Å². The van der Waals surface area contributed by atoms with Gasteiger partial charge in [0, 0.05) is 13.2 Å². The minimum atomic E-state index is -1.65. The summed E-state index contributed by atoms with van der Waals surface area (Å²) in [6.07, 6.45) is 2.32. The molecule has 0 amide bonds. The summed E-state index contributed by atoms with van der Waals surface area (Å²) in [7, 11) is 1.47. The SMILES string of the molecule is COCC(F)(CCCN)c1c(Cl)cnn1C(C)C. The molecule has 6 heteroatoms. The van der Waals surface area contributed by atoms with Gasteiger partial charge in [0.1, 0.15) is 0 Å². The zero-order valence-electron chi connectivity index (χ0n) is 11.1. The van der Waals surface area contributed by atoms with Gasteiger partial charge in [-0.15, -0.1) is 0 Å². The monoisotopic (exact) mass is 277 g/mol. The van der Waals surface area contributed by atoms with Crippen LogP contribution in [-0.4, -0.2) is 30.0 Å². The first kappa shape index (κ1) is 15.4. The smallest absolute Gasteiger partial charge is 0.177 e. The van der Waals surface area contributed by atoms with Crippen molar-refractivity contribution in [2.45, 2.75) is 38.4 Å². The van der Waals surface area contributed by atoms with Crippen LogP contribution in [0.5, 0.6) is 0 Å². The van der Waals surface area contributed by atoms with Gasteiger partial charge in [-0.25, -0.2) is 4.39 Å². The van der Waals surface area contributed by atoms with E-state index >= 15 is 4.39 Å². The second-order valence-corrected chi connectivity index (χ2v) is 5.08. The van der Waals surface area contributed by atoms with E-state index in [2.05, 4.69) is 5.10 Å². The molecule has 1 rings (SSSR count). The molecule has 18 heavy (non-hydrogen) atoms. The van der Waals surface area contributed by atoms with Crippen LogP contribution in [0.25, 0.3) is 0 Å². The van der Waals surface area contributed by atoms with Crippen LogP contribution in [0.15, 0.2) is 6.20 Å². The maximum absolute atomic E-state index is 15.1. The summed E-state index contributed by atoms with van der Waals surface area (Å²) in [5, 5.41) is 4.46. The fraction of sp³-hybridized carbons (Fsp3) is 0.750. The van der Waals surface area contributed by atoms with Crippen LogP contribution in [0.3, 0.4) is 0 Å². The van der Waals surface area contributed by atoms with Crippen molar-refractivity contribution in [1.29, 1.82) is 0 Å². The lowest BCUT2D eigenvalue weighted by Gasteiger charge is -2.27. The zero-order chi connectivity index (χ0) is 13.8. The molecule has 1 atom stereocenters. The molecule has 0 aliphatic heterocycles. The van der Waals surface area contributed by atoms with Crippen molar-refractivity contribution in [3.63, 3.8) is 0 Å². The van der Waals surface area contributed by atoms with Crippen LogP contribution in [-0.2, 0) is 10.4 Å². The number of nitrogens with two attached hydrogens (primary N) is 1. The van der Waals surface area contributed by atoms with Gasteiger partial charge in [-0.2, -0.15) is 5.10 Å². The van der Waals surface area contributed by atoms with E-state index in [4.69, 9.17) is 22.1 Å². The summed E-state index contributed by atoms with van der Waals surface area (Å²) >= 11 is 6.08. The standard InChI is InChI=1S/C12H21ClFN3O/c1-9(2)17-11(10(13)7-16-17)12(14,8-18-3)5-4-6-15/h7,9H,4-6,8,15H2,1-3H3. The van der Waals surface area contributed by atoms with Crippen LogP contribution in [0.4, 0.5) is 4.39 Å². The fourth-order valence-corrected chi connectivity index (χ4v) is 2.32. The molecule has 0 aliphatic carbocycles. The molecule has 0 radical (unpaired) electrons. The summed E-state index contributed by atoms with van der Waals surface area (Å²) in [5.74, 6) is 0. The number of ether oxygens (including phenoxy) is 1. The number of hydrogen-bond acceptors (Lipinski definition) is 3. The number of rotatable bonds is 7. The molecule has 1 aromatic rings. The minimum Gasteiger partial charge on any atom is -0.381 e. The normalized spacial score (nSPS) is 15.1. The van der Waals surface area contributed by atoms with Gasteiger partial charge in [-0.1, -0.05) is 11.6 Å². The van der Waals surface area contributed by atoms with Gasteiger partial charge in [0.15, 0.2) is 5.67 Å². The van der Waals surface area contributed by atoms with Crippen LogP contribution in [0.2, 0.25) is 5.02 Å². The van der Waals surface area contributed by atoms with Gasteiger partial charge in [-0.3, -0.25) is 4.68 Å². The zero-order valence-corrected chi connectivity index (χ0v) is 11.9. The third kappa shape index (κ3) is 3.22. The average Bonchev–Trinajstić information content (AvgIpc) is 2.70. The Balaban J connectivity index is 3.15. The quantitative estimate of drug-likeness (QED) is 0.834. The molecule has 1 heterocycles. The molecular formula is C12H21ClFN3O. The molecular weight excluding hydrogens is 257 g/mol. The Morgan fingerprint density at radius 3 is 2.78 bits per heavy atom. The molecule has 0 saturated carbocycles. The Kier molecular flexibility index (Phi) is 5.56. The first-order chi connectivity index (χ1) is 8.46. The van der Waals surface area contributed by atoms with E-state index in [1.807, 2.05) is 13.8 Å². The molecule has 4 nitrogen and oxygen atoms in total. The summed E-state index contributed by atoms with van der Waals surface area (Å²) in [4.78, 5) is 0. The number of nitrogens with zero attached hydrogens (tertiary/aromatic N) is 2. The van der Waals surface area contributed by atoms with Crippen LogP contribution < -0.4 is 5.73 Å². The van der Waals surface area contributed by atoms with E-state index in [0.717, 1.165) is 0 Å². The van der Waals surface area contributed by atoms with Gasteiger partial charge < -0.3 is 10.5 Å². The number of alkyl halides is 1. The highest BCUT2D eigenvalue weighted by atomic mass is 35.5. The molecule has 0 aromatic carbocycles. The number of hydrogen-bond donors (Lipinski definition) is 1. The Labute approximate surface area is 112 Å². The molecule has 0 bridgehead atoms. The Morgan fingerprint density at radius 2 is 2.28 bits per heavy atom. The molecule has 1 aromatic heterocycles. The first-order valence-electron chi connectivity index (χ1n) is 6.07. The average molecular weight is 278 g/mol. The highest BCUT2D eigenvalue weighted by Gasteiger charge is 2.38. The molecule has 0 fully saturated rings. The first-order valence-corrected chi connectivity index (χ1v) is 6.45. The highest BCUT2D eigenvalue weighted by Crippen LogP contribution is 2.37. The Bertz CT molecular complexity index is 383. The molecule has 104 valence electrons. The van der Waals surface area contributed by atoms with Crippen molar-refractivity contribution >= 4 is 11.6 Å². The fourth-order valence-electron chi connectivity index (χ4n) is 2.02. The molecule has 0 saturated heterocycles. The minimum absolute atomic E-state index is 0.0392. The highest BCUT2D eigenvalue weighted by molar-refractivity contribution is 6.31.